The number of aliphatic hydroxyl groups excluding tert-OH is 1. The van der Waals surface area contributed by atoms with Crippen molar-refractivity contribution in [1.82, 2.24) is 5.32 Å². The second kappa shape index (κ2) is 6.50. The summed E-state index contributed by atoms with van der Waals surface area (Å²) in [6.45, 7) is 0.786. The normalized spacial score (nSPS) is 21.9. The summed E-state index contributed by atoms with van der Waals surface area (Å²) in [4.78, 5) is 1.19. The number of nitrogens with one attached hydrogen (secondary N) is 1. The van der Waals surface area contributed by atoms with Gasteiger partial charge < -0.3 is 19.9 Å². The number of methoxy groups -OCH3 is 2. The first-order chi connectivity index (χ1) is 9.17. The predicted octanol–water partition coefficient (Wildman–Crippen LogP) is 2.04. The highest BCUT2D eigenvalue weighted by Crippen LogP contribution is 2.34. The van der Waals surface area contributed by atoms with Crippen LogP contribution < -0.4 is 14.8 Å². The molecule has 0 radical (unpaired) electrons. The number of rotatable bonds is 6. The minimum absolute atomic E-state index is 0.122. The highest BCUT2D eigenvalue weighted by molar-refractivity contribution is 7.98. The summed E-state index contributed by atoms with van der Waals surface area (Å²) < 4.78 is 10.7. The zero-order chi connectivity index (χ0) is 13.8. The summed E-state index contributed by atoms with van der Waals surface area (Å²) in [6.07, 6.45) is 3.63. The van der Waals surface area contributed by atoms with Crippen molar-refractivity contribution >= 4 is 11.8 Å². The molecule has 1 aromatic rings. The van der Waals surface area contributed by atoms with Gasteiger partial charge in [0.25, 0.3) is 0 Å². The molecule has 106 valence electrons. The van der Waals surface area contributed by atoms with Gasteiger partial charge in [-0.15, -0.1) is 11.8 Å². The maximum atomic E-state index is 9.29. The van der Waals surface area contributed by atoms with Gasteiger partial charge in [-0.25, -0.2) is 0 Å². The summed E-state index contributed by atoms with van der Waals surface area (Å²) in [5, 5.41) is 12.7. The number of benzene rings is 1. The molecule has 2 rings (SSSR count). The molecular weight excluding hydrogens is 262 g/mol. The highest BCUT2D eigenvalue weighted by atomic mass is 32.2. The second-order valence-corrected chi connectivity index (χ2v) is 5.57. The van der Waals surface area contributed by atoms with Crippen LogP contribution in [0.5, 0.6) is 11.5 Å². The van der Waals surface area contributed by atoms with Gasteiger partial charge in [0.15, 0.2) is 11.5 Å². The van der Waals surface area contributed by atoms with E-state index in [2.05, 4.69) is 11.6 Å². The van der Waals surface area contributed by atoms with Crippen LogP contribution in [0.1, 0.15) is 18.4 Å². The van der Waals surface area contributed by atoms with Crippen LogP contribution >= 0.6 is 11.8 Å². The second-order valence-electron chi connectivity index (χ2n) is 4.72. The maximum Gasteiger partial charge on any atom is 0.161 e. The van der Waals surface area contributed by atoms with Gasteiger partial charge in [-0.1, -0.05) is 0 Å². The Hall–Kier alpha value is -0.910. The van der Waals surface area contributed by atoms with Crippen molar-refractivity contribution in [1.29, 1.82) is 0 Å². The summed E-state index contributed by atoms with van der Waals surface area (Å²) in [6, 6.07) is 4.46. The number of hydrogen-bond acceptors (Lipinski definition) is 5. The van der Waals surface area contributed by atoms with E-state index in [4.69, 9.17) is 9.47 Å². The Bertz CT molecular complexity index is 433. The standard InChI is InChI=1S/C14H21NO3S/c1-17-12-4-9(8-15-10-5-11(16)6-10)14(19-3)7-13(12)18-2/h4,7,10-11,15-16H,5-6,8H2,1-3H3. The fourth-order valence-corrected chi connectivity index (χ4v) is 2.86. The lowest BCUT2D eigenvalue weighted by Crippen LogP contribution is -2.43. The van der Waals surface area contributed by atoms with Crippen molar-refractivity contribution in [2.24, 2.45) is 0 Å². The number of ether oxygens (including phenoxy) is 2. The van der Waals surface area contributed by atoms with Crippen LogP contribution in [-0.2, 0) is 6.54 Å². The van der Waals surface area contributed by atoms with Crippen LogP contribution in [-0.4, -0.2) is 37.7 Å². The van der Waals surface area contributed by atoms with E-state index in [-0.39, 0.29) is 6.10 Å². The van der Waals surface area contributed by atoms with Gasteiger partial charge in [-0.05, 0) is 36.8 Å². The lowest BCUT2D eigenvalue weighted by Gasteiger charge is -2.32. The molecular formula is C14H21NO3S. The molecule has 0 unspecified atom stereocenters. The van der Waals surface area contributed by atoms with Crippen LogP contribution in [0.4, 0.5) is 0 Å². The average Bonchev–Trinajstić information content (AvgIpc) is 2.41. The van der Waals surface area contributed by atoms with Crippen molar-refractivity contribution < 1.29 is 14.6 Å². The van der Waals surface area contributed by atoms with E-state index in [1.807, 2.05) is 12.1 Å². The summed E-state index contributed by atoms with van der Waals surface area (Å²) in [7, 11) is 3.30. The summed E-state index contributed by atoms with van der Waals surface area (Å²) in [5.41, 5.74) is 1.20. The molecule has 19 heavy (non-hydrogen) atoms. The average molecular weight is 283 g/mol. The molecule has 0 aliphatic heterocycles. The topological polar surface area (TPSA) is 50.7 Å². The minimum atomic E-state index is -0.122. The van der Waals surface area contributed by atoms with Crippen molar-refractivity contribution in [2.75, 3.05) is 20.5 Å². The Balaban J connectivity index is 2.09. The van der Waals surface area contributed by atoms with E-state index in [1.54, 1.807) is 26.0 Å². The molecule has 5 heteroatoms. The first-order valence-corrected chi connectivity index (χ1v) is 7.60. The molecule has 0 aromatic heterocycles. The van der Waals surface area contributed by atoms with Crippen LogP contribution in [0.3, 0.4) is 0 Å². The van der Waals surface area contributed by atoms with Gasteiger partial charge in [0, 0.05) is 17.5 Å². The largest absolute Gasteiger partial charge is 0.493 e. The van der Waals surface area contributed by atoms with Crippen LogP contribution in [0, 0.1) is 0 Å². The molecule has 4 nitrogen and oxygen atoms in total. The first kappa shape index (κ1) is 14.5. The van der Waals surface area contributed by atoms with Gasteiger partial charge >= 0.3 is 0 Å². The van der Waals surface area contributed by atoms with Gasteiger partial charge in [-0.2, -0.15) is 0 Å². The quantitative estimate of drug-likeness (QED) is 0.783. The zero-order valence-corrected chi connectivity index (χ0v) is 12.4. The van der Waals surface area contributed by atoms with Gasteiger partial charge in [-0.3, -0.25) is 0 Å². The fourth-order valence-electron chi connectivity index (χ4n) is 2.24. The Morgan fingerprint density at radius 3 is 2.42 bits per heavy atom. The highest BCUT2D eigenvalue weighted by Gasteiger charge is 2.26. The van der Waals surface area contributed by atoms with Crippen molar-refractivity contribution in [3.8, 4) is 11.5 Å². The molecule has 1 aliphatic rings. The van der Waals surface area contributed by atoms with Gasteiger partial charge in [0.05, 0.1) is 20.3 Å². The third kappa shape index (κ3) is 3.35. The summed E-state index contributed by atoms with van der Waals surface area (Å²) in [5.74, 6) is 1.51. The summed E-state index contributed by atoms with van der Waals surface area (Å²) >= 11 is 1.70. The predicted molar refractivity (Wildman–Crippen MR) is 77.2 cm³/mol. The van der Waals surface area contributed by atoms with Gasteiger partial charge in [0.1, 0.15) is 0 Å². The molecule has 0 saturated heterocycles. The minimum Gasteiger partial charge on any atom is -0.493 e. The Morgan fingerprint density at radius 2 is 1.89 bits per heavy atom. The van der Waals surface area contributed by atoms with E-state index in [0.29, 0.717) is 6.04 Å². The molecule has 1 fully saturated rings. The third-order valence-electron chi connectivity index (χ3n) is 3.48. The number of aliphatic hydroxyl groups is 1. The monoisotopic (exact) mass is 283 g/mol. The van der Waals surface area contributed by atoms with E-state index in [1.165, 1.54) is 10.5 Å². The lowest BCUT2D eigenvalue weighted by molar-refractivity contribution is 0.0618. The first-order valence-electron chi connectivity index (χ1n) is 6.38. The third-order valence-corrected chi connectivity index (χ3v) is 4.30. The van der Waals surface area contributed by atoms with Gasteiger partial charge in [0.2, 0.25) is 0 Å². The molecule has 0 bridgehead atoms. The van der Waals surface area contributed by atoms with Crippen LogP contribution in [0.15, 0.2) is 17.0 Å². The van der Waals surface area contributed by atoms with Crippen molar-refractivity contribution in [2.45, 2.75) is 36.4 Å². The maximum absolute atomic E-state index is 9.29. The molecule has 1 aromatic carbocycles. The van der Waals surface area contributed by atoms with E-state index in [9.17, 15) is 5.11 Å². The number of hydrogen-bond donors (Lipinski definition) is 2. The zero-order valence-electron chi connectivity index (χ0n) is 11.6. The Kier molecular flexibility index (Phi) is 4.96. The van der Waals surface area contributed by atoms with E-state index in [0.717, 1.165) is 30.9 Å². The van der Waals surface area contributed by atoms with E-state index >= 15 is 0 Å². The number of thioether (sulfide) groups is 1. The van der Waals surface area contributed by atoms with Crippen LogP contribution in [0.2, 0.25) is 0 Å². The molecule has 0 heterocycles. The Morgan fingerprint density at radius 1 is 1.26 bits per heavy atom. The molecule has 0 amide bonds. The smallest absolute Gasteiger partial charge is 0.161 e. The van der Waals surface area contributed by atoms with E-state index < -0.39 is 0 Å². The molecule has 2 N–H and O–H groups in total. The fraction of sp³-hybridized carbons (Fsp3) is 0.571. The van der Waals surface area contributed by atoms with Crippen molar-refractivity contribution in [3.63, 3.8) is 0 Å². The lowest BCUT2D eigenvalue weighted by atomic mass is 9.89. The molecule has 0 spiro atoms. The molecule has 1 aliphatic carbocycles. The SMILES string of the molecule is COc1cc(CNC2CC(O)C2)c(SC)cc1OC. The Labute approximate surface area is 118 Å². The van der Waals surface area contributed by atoms with Crippen LogP contribution in [0.25, 0.3) is 0 Å². The van der Waals surface area contributed by atoms with Crippen molar-refractivity contribution in [3.05, 3.63) is 17.7 Å². The molecule has 0 atom stereocenters. The molecule has 1 saturated carbocycles.